The van der Waals surface area contributed by atoms with Crippen LogP contribution < -0.4 is 11.1 Å². The van der Waals surface area contributed by atoms with Crippen molar-refractivity contribution >= 4 is 6.09 Å². The van der Waals surface area contributed by atoms with Crippen LogP contribution in [0.1, 0.15) is 33.6 Å². The van der Waals surface area contributed by atoms with Crippen LogP contribution in [0.5, 0.6) is 0 Å². The molecule has 4 atom stereocenters. The van der Waals surface area contributed by atoms with Gasteiger partial charge in [-0.3, -0.25) is 0 Å². The number of nitrogens with two attached hydrogens (primary N) is 1. The first kappa shape index (κ1) is 10.7. The molecule has 0 radical (unpaired) electrons. The van der Waals surface area contributed by atoms with Gasteiger partial charge in [-0.05, 0) is 45.4 Å². The maximum absolute atomic E-state index is 11.5. The average molecular weight is 212 g/mol. The summed E-state index contributed by atoms with van der Waals surface area (Å²) in [7, 11) is 0. The molecule has 4 heteroatoms. The van der Waals surface area contributed by atoms with Gasteiger partial charge in [0.15, 0.2) is 0 Å². The first-order valence-electron chi connectivity index (χ1n) is 5.62. The molecule has 0 saturated heterocycles. The molecule has 0 aromatic carbocycles. The van der Waals surface area contributed by atoms with E-state index in [2.05, 4.69) is 5.32 Å². The van der Waals surface area contributed by atoms with Crippen LogP contribution in [0.4, 0.5) is 4.79 Å². The Morgan fingerprint density at radius 1 is 1.33 bits per heavy atom. The van der Waals surface area contributed by atoms with Gasteiger partial charge in [-0.2, -0.15) is 0 Å². The molecule has 0 bridgehead atoms. The van der Waals surface area contributed by atoms with Gasteiger partial charge >= 0.3 is 6.09 Å². The number of carbonyl (C=O) groups is 1. The molecule has 2 fully saturated rings. The van der Waals surface area contributed by atoms with Gasteiger partial charge < -0.3 is 15.8 Å². The van der Waals surface area contributed by atoms with E-state index in [9.17, 15) is 4.79 Å². The summed E-state index contributed by atoms with van der Waals surface area (Å²) >= 11 is 0. The number of amides is 1. The molecule has 3 unspecified atom stereocenters. The van der Waals surface area contributed by atoms with Gasteiger partial charge in [0, 0.05) is 12.1 Å². The Morgan fingerprint density at radius 2 is 2.00 bits per heavy atom. The summed E-state index contributed by atoms with van der Waals surface area (Å²) < 4.78 is 5.21. The molecule has 2 saturated carbocycles. The van der Waals surface area contributed by atoms with E-state index in [1.54, 1.807) is 0 Å². The van der Waals surface area contributed by atoms with Gasteiger partial charge in [0.2, 0.25) is 0 Å². The first-order valence-corrected chi connectivity index (χ1v) is 5.62. The molecular formula is C11H20N2O2. The van der Waals surface area contributed by atoms with Crippen molar-refractivity contribution < 1.29 is 9.53 Å². The fourth-order valence-corrected chi connectivity index (χ4v) is 2.46. The highest BCUT2D eigenvalue weighted by molar-refractivity contribution is 5.68. The number of hydrogen-bond donors (Lipinski definition) is 2. The van der Waals surface area contributed by atoms with Crippen molar-refractivity contribution in [3.63, 3.8) is 0 Å². The van der Waals surface area contributed by atoms with Crippen molar-refractivity contribution in [1.29, 1.82) is 0 Å². The fourth-order valence-electron chi connectivity index (χ4n) is 2.46. The second-order valence-electron chi connectivity index (χ2n) is 5.72. The molecule has 2 rings (SSSR count). The van der Waals surface area contributed by atoms with Crippen LogP contribution in [0.3, 0.4) is 0 Å². The van der Waals surface area contributed by atoms with Crippen LogP contribution in [-0.2, 0) is 4.74 Å². The van der Waals surface area contributed by atoms with Gasteiger partial charge in [0.1, 0.15) is 5.60 Å². The molecular weight excluding hydrogens is 192 g/mol. The quantitative estimate of drug-likeness (QED) is 0.687. The summed E-state index contributed by atoms with van der Waals surface area (Å²) in [6.07, 6.45) is 1.75. The number of ether oxygens (including phenoxy) is 1. The minimum atomic E-state index is -0.423. The highest BCUT2D eigenvalue weighted by Crippen LogP contribution is 2.51. The highest BCUT2D eigenvalue weighted by atomic mass is 16.6. The van der Waals surface area contributed by atoms with E-state index in [1.807, 2.05) is 20.8 Å². The van der Waals surface area contributed by atoms with E-state index in [1.165, 1.54) is 6.42 Å². The third kappa shape index (κ3) is 2.43. The Kier molecular flexibility index (Phi) is 2.41. The van der Waals surface area contributed by atoms with Crippen LogP contribution in [0.2, 0.25) is 0 Å². The normalized spacial score (nSPS) is 38.4. The topological polar surface area (TPSA) is 64.3 Å². The van der Waals surface area contributed by atoms with E-state index in [0.717, 1.165) is 6.42 Å². The molecule has 0 spiro atoms. The molecule has 3 N–H and O–H groups in total. The van der Waals surface area contributed by atoms with E-state index in [-0.39, 0.29) is 18.2 Å². The lowest BCUT2D eigenvalue weighted by Crippen LogP contribution is -2.40. The molecule has 86 valence electrons. The van der Waals surface area contributed by atoms with E-state index >= 15 is 0 Å². The summed E-state index contributed by atoms with van der Waals surface area (Å²) in [5.41, 5.74) is 5.50. The number of carbonyl (C=O) groups excluding carboxylic acids is 1. The maximum Gasteiger partial charge on any atom is 0.407 e. The molecule has 0 aliphatic heterocycles. The number of alkyl carbamates (subject to hydrolysis) is 1. The summed E-state index contributed by atoms with van der Waals surface area (Å²) in [6.45, 7) is 5.60. The summed E-state index contributed by atoms with van der Waals surface area (Å²) in [5, 5.41) is 2.92. The van der Waals surface area contributed by atoms with Gasteiger partial charge in [-0.25, -0.2) is 4.79 Å². The Bertz CT molecular complexity index is 272. The lowest BCUT2D eigenvalue weighted by atomic mass is 10.1. The third-order valence-electron chi connectivity index (χ3n) is 3.19. The van der Waals surface area contributed by atoms with Crippen molar-refractivity contribution in [1.82, 2.24) is 5.32 Å². The van der Waals surface area contributed by atoms with E-state index in [4.69, 9.17) is 10.5 Å². The Balaban J connectivity index is 1.80. The van der Waals surface area contributed by atoms with Crippen LogP contribution in [-0.4, -0.2) is 23.8 Å². The minimum Gasteiger partial charge on any atom is -0.444 e. The average Bonchev–Trinajstić information content (AvgIpc) is 2.71. The second-order valence-corrected chi connectivity index (χ2v) is 5.72. The largest absolute Gasteiger partial charge is 0.444 e. The first-order chi connectivity index (χ1) is 6.87. The van der Waals surface area contributed by atoms with Gasteiger partial charge in [-0.1, -0.05) is 0 Å². The molecule has 2 aliphatic rings. The zero-order valence-electron chi connectivity index (χ0n) is 9.62. The number of fused-ring (bicyclic) bond motifs is 1. The monoisotopic (exact) mass is 212 g/mol. The smallest absolute Gasteiger partial charge is 0.407 e. The summed E-state index contributed by atoms with van der Waals surface area (Å²) in [4.78, 5) is 11.5. The number of rotatable bonds is 1. The van der Waals surface area contributed by atoms with Gasteiger partial charge in [0.25, 0.3) is 0 Å². The molecule has 15 heavy (non-hydrogen) atoms. The van der Waals surface area contributed by atoms with Gasteiger partial charge in [-0.15, -0.1) is 0 Å². The molecule has 0 heterocycles. The molecule has 4 nitrogen and oxygen atoms in total. The van der Waals surface area contributed by atoms with E-state index in [0.29, 0.717) is 11.8 Å². The lowest BCUT2D eigenvalue weighted by molar-refractivity contribution is 0.0499. The molecule has 0 aromatic rings. The predicted octanol–water partition coefficient (Wildman–Crippen LogP) is 1.25. The predicted molar refractivity (Wildman–Crippen MR) is 57.3 cm³/mol. The van der Waals surface area contributed by atoms with Crippen LogP contribution >= 0.6 is 0 Å². The van der Waals surface area contributed by atoms with Crippen LogP contribution in [0, 0.1) is 11.8 Å². The fraction of sp³-hybridized carbons (Fsp3) is 0.909. The second kappa shape index (κ2) is 3.37. The highest BCUT2D eigenvalue weighted by Gasteiger charge is 2.53. The van der Waals surface area contributed by atoms with Crippen molar-refractivity contribution in [2.24, 2.45) is 17.6 Å². The van der Waals surface area contributed by atoms with Crippen molar-refractivity contribution in [3.05, 3.63) is 0 Å². The zero-order valence-corrected chi connectivity index (χ0v) is 9.62. The Labute approximate surface area is 90.5 Å². The minimum absolute atomic E-state index is 0.236. The Hall–Kier alpha value is -0.770. The molecule has 0 aromatic heterocycles. The van der Waals surface area contributed by atoms with Crippen molar-refractivity contribution in [2.45, 2.75) is 51.3 Å². The van der Waals surface area contributed by atoms with Crippen molar-refractivity contribution in [3.8, 4) is 0 Å². The third-order valence-corrected chi connectivity index (χ3v) is 3.19. The van der Waals surface area contributed by atoms with Crippen molar-refractivity contribution in [2.75, 3.05) is 0 Å². The molecule has 1 amide bonds. The number of hydrogen-bond acceptors (Lipinski definition) is 3. The zero-order chi connectivity index (χ0) is 11.2. The number of nitrogens with one attached hydrogen (secondary N) is 1. The summed E-state index contributed by atoms with van der Waals surface area (Å²) in [6, 6.07) is 0.509. The molecule has 2 aliphatic carbocycles. The summed E-state index contributed by atoms with van der Waals surface area (Å²) in [5.74, 6) is 1.25. The SMILES string of the molecule is CC(C)(C)OC(=O)N[C@H]1CC(N)C2CC21. The lowest BCUT2D eigenvalue weighted by Gasteiger charge is -2.22. The van der Waals surface area contributed by atoms with Crippen LogP contribution in [0.15, 0.2) is 0 Å². The maximum atomic E-state index is 11.5. The Morgan fingerprint density at radius 3 is 2.40 bits per heavy atom. The van der Waals surface area contributed by atoms with Gasteiger partial charge in [0.05, 0.1) is 0 Å². The van der Waals surface area contributed by atoms with Crippen LogP contribution in [0.25, 0.3) is 0 Å². The standard InChI is InChI=1S/C11H20N2O2/c1-11(2,3)15-10(14)13-9-5-8(12)6-4-7(6)9/h6-9H,4-5,12H2,1-3H3,(H,13,14)/t6?,7?,8?,9-/m0/s1. The van der Waals surface area contributed by atoms with E-state index < -0.39 is 5.60 Å².